The van der Waals surface area contributed by atoms with E-state index in [2.05, 4.69) is 10.3 Å². The van der Waals surface area contributed by atoms with Crippen molar-refractivity contribution in [3.05, 3.63) is 44.9 Å². The van der Waals surface area contributed by atoms with Gasteiger partial charge in [0.15, 0.2) is 0 Å². The minimum absolute atomic E-state index is 0.286. The number of aryl methyl sites for hydroxylation is 1. The summed E-state index contributed by atoms with van der Waals surface area (Å²) in [4.78, 5) is 16.2. The third-order valence-corrected chi connectivity index (χ3v) is 3.62. The fourth-order valence-electron chi connectivity index (χ4n) is 1.51. The fraction of sp³-hybridized carbons (Fsp3) is 0.167. The summed E-state index contributed by atoms with van der Waals surface area (Å²) in [7, 11) is 0. The number of hydrogen-bond donors (Lipinski definition) is 2. The monoisotopic (exact) mass is 281 g/mol. The molecule has 1 heterocycles. The number of carbonyl (C=O) groups excluding carboxylic acids is 1. The van der Waals surface area contributed by atoms with E-state index in [4.69, 9.17) is 17.3 Å². The van der Waals surface area contributed by atoms with E-state index in [1.54, 1.807) is 18.2 Å². The van der Waals surface area contributed by atoms with Gasteiger partial charge in [0.25, 0.3) is 5.91 Å². The highest BCUT2D eigenvalue weighted by Gasteiger charge is 2.13. The topological polar surface area (TPSA) is 68.0 Å². The second kappa shape index (κ2) is 5.37. The Morgan fingerprint density at radius 2 is 2.33 bits per heavy atom. The van der Waals surface area contributed by atoms with Gasteiger partial charge < -0.3 is 11.1 Å². The maximum Gasteiger partial charge on any atom is 0.255 e. The molecule has 2 aromatic rings. The molecule has 0 aliphatic carbocycles. The Balaban J connectivity index is 2.08. The summed E-state index contributed by atoms with van der Waals surface area (Å²) in [6, 6.07) is 4.99. The molecule has 18 heavy (non-hydrogen) atoms. The minimum atomic E-state index is -0.286. The van der Waals surface area contributed by atoms with Crippen LogP contribution in [0.3, 0.4) is 0 Å². The van der Waals surface area contributed by atoms with Crippen LogP contribution in [0.2, 0.25) is 5.02 Å². The van der Waals surface area contributed by atoms with Crippen LogP contribution in [0, 0.1) is 6.92 Å². The number of amides is 1. The number of halogens is 1. The summed E-state index contributed by atoms with van der Waals surface area (Å²) in [5.41, 5.74) is 7.37. The van der Waals surface area contributed by atoms with Crippen LogP contribution in [0.1, 0.15) is 21.1 Å². The number of rotatable bonds is 3. The van der Waals surface area contributed by atoms with Crippen LogP contribution < -0.4 is 11.1 Å². The van der Waals surface area contributed by atoms with Gasteiger partial charge in [0.2, 0.25) is 0 Å². The lowest BCUT2D eigenvalue weighted by Crippen LogP contribution is -2.24. The maximum atomic E-state index is 12.0. The average Bonchev–Trinajstić information content (AvgIpc) is 2.72. The fourth-order valence-corrected chi connectivity index (χ4v) is 2.49. The minimum Gasteiger partial charge on any atom is -0.398 e. The summed E-state index contributed by atoms with van der Waals surface area (Å²) in [6.07, 6.45) is 0. The molecule has 1 aromatic heterocycles. The summed E-state index contributed by atoms with van der Waals surface area (Å²) >= 11 is 7.46. The summed E-state index contributed by atoms with van der Waals surface area (Å²) in [5.74, 6) is -0.286. The van der Waals surface area contributed by atoms with Crippen LogP contribution in [0.25, 0.3) is 0 Å². The second-order valence-corrected chi connectivity index (χ2v) is 5.12. The number of aromatic nitrogens is 1. The smallest absolute Gasteiger partial charge is 0.255 e. The first-order chi connectivity index (χ1) is 8.58. The van der Waals surface area contributed by atoms with Crippen molar-refractivity contribution in [1.29, 1.82) is 0 Å². The Labute approximate surface area is 114 Å². The normalized spacial score (nSPS) is 10.3. The SMILES string of the molecule is Cc1csc(CNC(=O)c2c(N)cccc2Cl)n1. The molecule has 4 nitrogen and oxygen atoms in total. The Bertz CT molecular complexity index is 562. The Morgan fingerprint density at radius 3 is 2.94 bits per heavy atom. The number of nitrogens with two attached hydrogens (primary N) is 1. The van der Waals surface area contributed by atoms with Gasteiger partial charge in [-0.25, -0.2) is 4.98 Å². The zero-order chi connectivity index (χ0) is 13.1. The molecule has 1 aromatic carbocycles. The van der Waals surface area contributed by atoms with Gasteiger partial charge in [0.05, 0.1) is 17.1 Å². The van der Waals surface area contributed by atoms with Crippen LogP contribution >= 0.6 is 22.9 Å². The molecule has 2 rings (SSSR count). The first-order valence-corrected chi connectivity index (χ1v) is 6.57. The van der Waals surface area contributed by atoms with Crippen molar-refractivity contribution in [2.24, 2.45) is 0 Å². The molecule has 0 aliphatic rings. The van der Waals surface area contributed by atoms with Gasteiger partial charge in [-0.1, -0.05) is 17.7 Å². The van der Waals surface area contributed by atoms with Gasteiger partial charge >= 0.3 is 0 Å². The summed E-state index contributed by atoms with van der Waals surface area (Å²) in [5, 5.41) is 5.89. The molecule has 0 fully saturated rings. The summed E-state index contributed by atoms with van der Waals surface area (Å²) in [6.45, 7) is 2.29. The number of thiazole rings is 1. The van der Waals surface area contributed by atoms with E-state index in [0.29, 0.717) is 22.8 Å². The molecule has 0 aliphatic heterocycles. The number of carbonyl (C=O) groups is 1. The van der Waals surface area contributed by atoms with Crippen molar-refractivity contribution in [1.82, 2.24) is 10.3 Å². The van der Waals surface area contributed by atoms with Crippen molar-refractivity contribution < 1.29 is 4.79 Å². The molecule has 0 atom stereocenters. The number of hydrogen-bond acceptors (Lipinski definition) is 4. The molecule has 0 radical (unpaired) electrons. The number of nitrogen functional groups attached to an aromatic ring is 1. The van der Waals surface area contributed by atoms with Crippen molar-refractivity contribution in [2.45, 2.75) is 13.5 Å². The second-order valence-electron chi connectivity index (χ2n) is 3.77. The van der Waals surface area contributed by atoms with Gasteiger partial charge in [-0.05, 0) is 19.1 Å². The van der Waals surface area contributed by atoms with Gasteiger partial charge in [-0.3, -0.25) is 4.79 Å². The van der Waals surface area contributed by atoms with Crippen molar-refractivity contribution >= 4 is 34.5 Å². The first kappa shape index (κ1) is 12.9. The molecule has 0 bridgehead atoms. The van der Waals surface area contributed by atoms with Gasteiger partial charge in [0.1, 0.15) is 5.01 Å². The van der Waals surface area contributed by atoms with E-state index < -0.39 is 0 Å². The van der Waals surface area contributed by atoms with Crippen molar-refractivity contribution in [2.75, 3.05) is 5.73 Å². The zero-order valence-corrected chi connectivity index (χ0v) is 11.3. The Kier molecular flexibility index (Phi) is 3.84. The third kappa shape index (κ3) is 2.80. The Morgan fingerprint density at radius 1 is 1.56 bits per heavy atom. The van der Waals surface area contributed by atoms with E-state index >= 15 is 0 Å². The molecule has 94 valence electrons. The number of anilines is 1. The van der Waals surface area contributed by atoms with E-state index in [9.17, 15) is 4.79 Å². The first-order valence-electron chi connectivity index (χ1n) is 5.31. The van der Waals surface area contributed by atoms with E-state index in [0.717, 1.165) is 10.7 Å². The van der Waals surface area contributed by atoms with E-state index in [1.807, 2.05) is 12.3 Å². The highest BCUT2D eigenvalue weighted by atomic mass is 35.5. The highest BCUT2D eigenvalue weighted by molar-refractivity contribution is 7.09. The van der Waals surface area contributed by atoms with Crippen LogP contribution in [-0.4, -0.2) is 10.9 Å². The van der Waals surface area contributed by atoms with Gasteiger partial charge in [-0.2, -0.15) is 0 Å². The molecule has 6 heteroatoms. The lowest BCUT2D eigenvalue weighted by molar-refractivity contribution is 0.0952. The van der Waals surface area contributed by atoms with Crippen LogP contribution in [-0.2, 0) is 6.54 Å². The van der Waals surface area contributed by atoms with Crippen LogP contribution in [0.5, 0.6) is 0 Å². The standard InChI is InChI=1S/C12H12ClN3OS/c1-7-6-18-10(16-7)5-15-12(17)11-8(13)3-2-4-9(11)14/h2-4,6H,5,14H2,1H3,(H,15,17). The summed E-state index contributed by atoms with van der Waals surface area (Å²) < 4.78 is 0. The number of nitrogens with one attached hydrogen (secondary N) is 1. The number of nitrogens with zero attached hydrogens (tertiary/aromatic N) is 1. The molecule has 0 saturated carbocycles. The average molecular weight is 282 g/mol. The molecule has 0 spiro atoms. The highest BCUT2D eigenvalue weighted by Crippen LogP contribution is 2.21. The van der Waals surface area contributed by atoms with Crippen molar-refractivity contribution in [3.8, 4) is 0 Å². The zero-order valence-electron chi connectivity index (χ0n) is 9.74. The largest absolute Gasteiger partial charge is 0.398 e. The van der Waals surface area contributed by atoms with Gasteiger partial charge in [-0.15, -0.1) is 11.3 Å². The molecule has 1 amide bonds. The van der Waals surface area contributed by atoms with Crippen molar-refractivity contribution in [3.63, 3.8) is 0 Å². The maximum absolute atomic E-state index is 12.0. The molecule has 3 N–H and O–H groups in total. The molecule has 0 unspecified atom stereocenters. The van der Waals surface area contributed by atoms with Crippen LogP contribution in [0.15, 0.2) is 23.6 Å². The Hall–Kier alpha value is -1.59. The van der Waals surface area contributed by atoms with Crippen LogP contribution in [0.4, 0.5) is 5.69 Å². The lowest BCUT2D eigenvalue weighted by Gasteiger charge is -2.07. The molecular formula is C12H12ClN3OS. The molecule has 0 saturated heterocycles. The van der Waals surface area contributed by atoms with Gasteiger partial charge in [0, 0.05) is 16.8 Å². The lowest BCUT2D eigenvalue weighted by atomic mass is 10.1. The third-order valence-electron chi connectivity index (χ3n) is 2.34. The molecular weight excluding hydrogens is 270 g/mol. The number of benzene rings is 1. The van der Waals surface area contributed by atoms with E-state index in [-0.39, 0.29) is 5.91 Å². The predicted octanol–water partition coefficient (Wildman–Crippen LogP) is 2.62. The predicted molar refractivity (Wildman–Crippen MR) is 73.9 cm³/mol. The quantitative estimate of drug-likeness (QED) is 0.850. The van der Waals surface area contributed by atoms with E-state index in [1.165, 1.54) is 11.3 Å².